The number of hydrogen-bond donors (Lipinski definition) is 1. The molecule has 1 aromatic rings. The second-order valence-electron chi connectivity index (χ2n) is 5.08. The number of carbonyl (C=O) groups is 2. The fourth-order valence-electron chi connectivity index (χ4n) is 1.64. The normalized spacial score (nSPS) is 16.7. The summed E-state index contributed by atoms with van der Waals surface area (Å²) >= 11 is 3.32. The van der Waals surface area contributed by atoms with Crippen molar-refractivity contribution in [3.05, 3.63) is 28.7 Å². The zero-order valence-electron chi connectivity index (χ0n) is 12.0. The van der Waals surface area contributed by atoms with Gasteiger partial charge in [-0.25, -0.2) is 4.79 Å². The number of halogens is 1. The molecule has 1 N–H and O–H groups in total. The first-order valence-electron chi connectivity index (χ1n) is 6.89. The zero-order chi connectivity index (χ0) is 15.4. The maximum absolute atomic E-state index is 11.9. The van der Waals surface area contributed by atoms with Crippen LogP contribution in [0.1, 0.15) is 26.7 Å². The van der Waals surface area contributed by atoms with Gasteiger partial charge in [0, 0.05) is 10.5 Å². The molecule has 1 aromatic carbocycles. The molecule has 0 radical (unpaired) electrons. The molecular weight excluding hydrogens is 338 g/mol. The molecule has 0 saturated heterocycles. The van der Waals surface area contributed by atoms with Crippen molar-refractivity contribution in [3.63, 3.8) is 0 Å². The Kier molecular flexibility index (Phi) is 5.22. The van der Waals surface area contributed by atoms with Crippen LogP contribution >= 0.6 is 15.9 Å². The van der Waals surface area contributed by atoms with E-state index in [2.05, 4.69) is 21.2 Å². The van der Waals surface area contributed by atoms with Gasteiger partial charge in [-0.3, -0.25) is 4.79 Å². The SMILES string of the molecule is C[C@@H](OC(=O)[C@@H](C)Oc1ccc(Br)cc1)C(=O)NC1CC1. The topological polar surface area (TPSA) is 64.6 Å². The van der Waals surface area contributed by atoms with Crippen LogP contribution in [-0.2, 0) is 14.3 Å². The van der Waals surface area contributed by atoms with Crippen LogP contribution in [0.5, 0.6) is 5.75 Å². The number of carbonyl (C=O) groups excluding carboxylic acids is 2. The molecule has 2 atom stereocenters. The fourth-order valence-corrected chi connectivity index (χ4v) is 1.90. The molecule has 0 unspecified atom stereocenters. The molecule has 21 heavy (non-hydrogen) atoms. The van der Waals surface area contributed by atoms with E-state index in [0.717, 1.165) is 17.3 Å². The van der Waals surface area contributed by atoms with Crippen molar-refractivity contribution in [2.75, 3.05) is 0 Å². The van der Waals surface area contributed by atoms with E-state index in [1.54, 1.807) is 26.0 Å². The molecule has 1 aliphatic carbocycles. The third-order valence-electron chi connectivity index (χ3n) is 3.04. The van der Waals surface area contributed by atoms with Crippen molar-refractivity contribution in [2.24, 2.45) is 0 Å². The average Bonchev–Trinajstić information content (AvgIpc) is 3.25. The molecular formula is C15H18BrNO4. The number of nitrogens with one attached hydrogen (secondary N) is 1. The summed E-state index contributed by atoms with van der Waals surface area (Å²) in [6.45, 7) is 3.15. The molecule has 0 spiro atoms. The van der Waals surface area contributed by atoms with Gasteiger partial charge in [-0.15, -0.1) is 0 Å². The van der Waals surface area contributed by atoms with E-state index in [0.29, 0.717) is 5.75 Å². The molecule has 5 nitrogen and oxygen atoms in total. The Morgan fingerprint density at radius 3 is 2.38 bits per heavy atom. The molecule has 1 saturated carbocycles. The van der Waals surface area contributed by atoms with Crippen molar-refractivity contribution in [2.45, 2.75) is 44.9 Å². The Morgan fingerprint density at radius 1 is 1.19 bits per heavy atom. The lowest BCUT2D eigenvalue weighted by molar-refractivity contribution is -0.160. The van der Waals surface area contributed by atoms with Gasteiger partial charge in [0.2, 0.25) is 0 Å². The van der Waals surface area contributed by atoms with Gasteiger partial charge in [-0.2, -0.15) is 0 Å². The summed E-state index contributed by atoms with van der Waals surface area (Å²) in [5, 5.41) is 2.79. The van der Waals surface area contributed by atoms with E-state index < -0.39 is 18.2 Å². The average molecular weight is 356 g/mol. The lowest BCUT2D eigenvalue weighted by atomic mass is 10.3. The van der Waals surface area contributed by atoms with E-state index in [9.17, 15) is 9.59 Å². The van der Waals surface area contributed by atoms with Gasteiger partial charge in [0.25, 0.3) is 5.91 Å². The summed E-state index contributed by atoms with van der Waals surface area (Å²) in [7, 11) is 0. The van der Waals surface area contributed by atoms with Gasteiger partial charge < -0.3 is 14.8 Å². The largest absolute Gasteiger partial charge is 0.479 e. The van der Waals surface area contributed by atoms with Gasteiger partial charge in [-0.05, 0) is 51.0 Å². The summed E-state index contributed by atoms with van der Waals surface area (Å²) in [4.78, 5) is 23.6. The highest BCUT2D eigenvalue weighted by Gasteiger charge is 2.28. The molecule has 1 amide bonds. The van der Waals surface area contributed by atoms with Crippen LogP contribution < -0.4 is 10.1 Å². The molecule has 0 bridgehead atoms. The van der Waals surface area contributed by atoms with E-state index in [-0.39, 0.29) is 11.9 Å². The van der Waals surface area contributed by atoms with Crippen molar-refractivity contribution < 1.29 is 19.1 Å². The minimum atomic E-state index is -0.811. The standard InChI is InChI=1S/C15H18BrNO4/c1-9(14(18)17-12-5-6-12)21-15(19)10(2)20-13-7-3-11(16)4-8-13/h3-4,7-10,12H,5-6H2,1-2H3,(H,17,18)/t9-,10-/m1/s1. The van der Waals surface area contributed by atoms with Crippen LogP contribution in [0, 0.1) is 0 Å². The highest BCUT2D eigenvalue weighted by atomic mass is 79.9. The Morgan fingerprint density at radius 2 is 1.81 bits per heavy atom. The van der Waals surface area contributed by atoms with Crippen LogP contribution in [0.15, 0.2) is 28.7 Å². The smallest absolute Gasteiger partial charge is 0.347 e. The Hall–Kier alpha value is -1.56. The summed E-state index contributed by atoms with van der Waals surface area (Å²) in [6.07, 6.45) is 0.404. The quantitative estimate of drug-likeness (QED) is 0.796. The summed E-state index contributed by atoms with van der Waals surface area (Å²) in [5.74, 6) is -0.254. The number of esters is 1. The second-order valence-corrected chi connectivity index (χ2v) is 5.99. The van der Waals surface area contributed by atoms with E-state index in [1.807, 2.05) is 12.1 Å². The number of rotatable bonds is 6. The number of ether oxygens (including phenoxy) is 2. The van der Waals surface area contributed by atoms with Crippen molar-refractivity contribution in [1.29, 1.82) is 0 Å². The van der Waals surface area contributed by atoms with Crippen LogP contribution in [0.2, 0.25) is 0 Å². The Bertz CT molecular complexity index is 513. The van der Waals surface area contributed by atoms with Gasteiger partial charge >= 0.3 is 5.97 Å². The van der Waals surface area contributed by atoms with E-state index in [1.165, 1.54) is 0 Å². The third kappa shape index (κ3) is 5.04. The van der Waals surface area contributed by atoms with Crippen LogP contribution in [0.3, 0.4) is 0 Å². The Labute approximate surface area is 132 Å². The van der Waals surface area contributed by atoms with Gasteiger partial charge in [0.05, 0.1) is 0 Å². The molecule has 2 rings (SSSR count). The van der Waals surface area contributed by atoms with Crippen molar-refractivity contribution in [3.8, 4) is 5.75 Å². The first kappa shape index (κ1) is 15.8. The third-order valence-corrected chi connectivity index (χ3v) is 3.57. The monoisotopic (exact) mass is 355 g/mol. The van der Waals surface area contributed by atoms with Gasteiger partial charge in [0.15, 0.2) is 12.2 Å². The van der Waals surface area contributed by atoms with Gasteiger partial charge in [0.1, 0.15) is 5.75 Å². The minimum absolute atomic E-state index is 0.245. The molecule has 1 fully saturated rings. The molecule has 6 heteroatoms. The highest BCUT2D eigenvalue weighted by Crippen LogP contribution is 2.19. The highest BCUT2D eigenvalue weighted by molar-refractivity contribution is 9.10. The summed E-state index contributed by atoms with van der Waals surface area (Å²) in [5.41, 5.74) is 0. The van der Waals surface area contributed by atoms with Gasteiger partial charge in [-0.1, -0.05) is 15.9 Å². The molecule has 0 heterocycles. The van der Waals surface area contributed by atoms with E-state index >= 15 is 0 Å². The number of hydrogen-bond acceptors (Lipinski definition) is 4. The maximum atomic E-state index is 11.9. The van der Waals surface area contributed by atoms with Crippen LogP contribution in [0.25, 0.3) is 0 Å². The maximum Gasteiger partial charge on any atom is 0.347 e. The van der Waals surface area contributed by atoms with E-state index in [4.69, 9.17) is 9.47 Å². The minimum Gasteiger partial charge on any atom is -0.479 e. The zero-order valence-corrected chi connectivity index (χ0v) is 13.6. The molecule has 1 aliphatic rings. The number of amides is 1. The first-order valence-corrected chi connectivity index (χ1v) is 7.68. The summed E-state index contributed by atoms with van der Waals surface area (Å²) in [6, 6.07) is 7.38. The summed E-state index contributed by atoms with van der Waals surface area (Å²) < 4.78 is 11.5. The molecule has 0 aliphatic heterocycles. The lowest BCUT2D eigenvalue weighted by Gasteiger charge is -2.17. The lowest BCUT2D eigenvalue weighted by Crippen LogP contribution is -2.39. The first-order chi connectivity index (χ1) is 9.95. The predicted molar refractivity (Wildman–Crippen MR) is 81.0 cm³/mol. The Balaban J connectivity index is 1.80. The predicted octanol–water partition coefficient (Wildman–Crippen LogP) is 2.43. The van der Waals surface area contributed by atoms with Crippen LogP contribution in [-0.4, -0.2) is 30.1 Å². The second kappa shape index (κ2) is 6.93. The molecule has 114 valence electrons. The molecule has 0 aromatic heterocycles. The van der Waals surface area contributed by atoms with Crippen molar-refractivity contribution in [1.82, 2.24) is 5.32 Å². The number of benzene rings is 1. The van der Waals surface area contributed by atoms with Crippen molar-refractivity contribution >= 4 is 27.8 Å². The van der Waals surface area contributed by atoms with Crippen LogP contribution in [0.4, 0.5) is 0 Å². The fraction of sp³-hybridized carbons (Fsp3) is 0.467.